The van der Waals surface area contributed by atoms with Gasteiger partial charge >= 0.3 is 0 Å². The highest BCUT2D eigenvalue weighted by atomic mass is 16.8. The molecule has 0 aromatic rings. The number of terminal acetylenes is 1. The zero-order valence-electron chi connectivity index (χ0n) is 16.9. The van der Waals surface area contributed by atoms with Crippen LogP contribution in [-0.2, 0) is 19.0 Å². The van der Waals surface area contributed by atoms with E-state index in [0.717, 1.165) is 0 Å². The summed E-state index contributed by atoms with van der Waals surface area (Å²) in [6.07, 6.45) is -8.55. The van der Waals surface area contributed by atoms with Gasteiger partial charge in [0.05, 0.1) is 6.61 Å². The third-order valence-electron chi connectivity index (χ3n) is 5.26. The topological polar surface area (TPSA) is 198 Å². The third kappa shape index (κ3) is 6.56. The molecule has 2 aliphatic heterocycles. The summed E-state index contributed by atoms with van der Waals surface area (Å²) in [5.41, 5.74) is 0. The maximum atomic E-state index is 11.9. The number of nitrogens with one attached hydrogen (secondary N) is 1. The van der Waals surface area contributed by atoms with Crippen molar-refractivity contribution in [1.29, 1.82) is 0 Å². The molecule has 12 nitrogen and oxygen atoms in total. The predicted octanol–water partition coefficient (Wildman–Crippen LogP) is -4.08. The molecule has 0 aromatic heterocycles. The van der Waals surface area contributed by atoms with Gasteiger partial charge in [0.25, 0.3) is 0 Å². The SMILES string of the molecule is C#CCCCCC(=O)NC[C@H]1O[C@H](O[C@H]2O[C@H](CO)[C@@H](O)[C@H](O)[C@H]2O)[C@H](O)[C@@H](O)[C@@H]1O. The van der Waals surface area contributed by atoms with Gasteiger partial charge in [-0.1, -0.05) is 0 Å². The molecule has 12 heteroatoms. The van der Waals surface area contributed by atoms with Crippen LogP contribution in [0.3, 0.4) is 0 Å². The lowest BCUT2D eigenvalue weighted by Crippen LogP contribution is -2.64. The fourth-order valence-electron chi connectivity index (χ4n) is 3.33. The van der Waals surface area contributed by atoms with Crippen LogP contribution in [-0.4, -0.2) is 116 Å². The molecular formula is C19H31NO11. The maximum absolute atomic E-state index is 11.9. The Hall–Kier alpha value is -1.37. The molecule has 31 heavy (non-hydrogen) atoms. The molecule has 0 bridgehead atoms. The highest BCUT2D eigenvalue weighted by Crippen LogP contribution is 2.28. The van der Waals surface area contributed by atoms with Gasteiger partial charge in [-0.15, -0.1) is 12.3 Å². The largest absolute Gasteiger partial charge is 0.394 e. The Bertz CT molecular complexity index is 612. The van der Waals surface area contributed by atoms with Crippen LogP contribution in [0.2, 0.25) is 0 Å². The zero-order valence-corrected chi connectivity index (χ0v) is 16.9. The predicted molar refractivity (Wildman–Crippen MR) is 102 cm³/mol. The lowest BCUT2D eigenvalue weighted by molar-refractivity contribution is -0.374. The summed E-state index contributed by atoms with van der Waals surface area (Å²) in [6, 6.07) is 0. The highest BCUT2D eigenvalue weighted by Gasteiger charge is 2.49. The number of carbonyl (C=O) groups excluding carboxylic acids is 1. The molecule has 8 N–H and O–H groups in total. The molecule has 2 aliphatic rings. The first-order valence-electron chi connectivity index (χ1n) is 10.1. The van der Waals surface area contributed by atoms with Crippen molar-refractivity contribution in [3.05, 3.63) is 0 Å². The molecular weight excluding hydrogens is 418 g/mol. The van der Waals surface area contributed by atoms with Crippen molar-refractivity contribution in [1.82, 2.24) is 5.32 Å². The molecule has 0 aromatic carbocycles. The lowest BCUT2D eigenvalue weighted by atomic mass is 9.98. The van der Waals surface area contributed by atoms with E-state index in [1.807, 2.05) is 0 Å². The van der Waals surface area contributed by atoms with Gasteiger partial charge in [-0.25, -0.2) is 0 Å². The molecule has 2 heterocycles. The van der Waals surface area contributed by atoms with Crippen LogP contribution in [0.4, 0.5) is 0 Å². The van der Waals surface area contributed by atoms with Crippen LogP contribution in [0.5, 0.6) is 0 Å². The molecule has 1 amide bonds. The number of amides is 1. The van der Waals surface area contributed by atoms with Gasteiger partial charge in [0.15, 0.2) is 12.6 Å². The van der Waals surface area contributed by atoms with Crippen LogP contribution in [0, 0.1) is 12.3 Å². The Morgan fingerprint density at radius 2 is 1.42 bits per heavy atom. The van der Waals surface area contributed by atoms with Crippen molar-refractivity contribution in [3.8, 4) is 12.3 Å². The summed E-state index contributed by atoms with van der Waals surface area (Å²) in [7, 11) is 0. The normalized spacial score (nSPS) is 40.8. The minimum Gasteiger partial charge on any atom is -0.394 e. The fraction of sp³-hybridized carbons (Fsp3) is 0.842. The zero-order chi connectivity index (χ0) is 23.1. The number of aliphatic hydroxyl groups excluding tert-OH is 7. The Balaban J connectivity index is 1.94. The fourth-order valence-corrected chi connectivity index (χ4v) is 3.33. The minimum atomic E-state index is -1.75. The number of hydrogen-bond acceptors (Lipinski definition) is 11. The molecule has 2 saturated heterocycles. The van der Waals surface area contributed by atoms with Gasteiger partial charge in [-0.3, -0.25) is 4.79 Å². The van der Waals surface area contributed by atoms with Crippen LogP contribution >= 0.6 is 0 Å². The number of carbonyl (C=O) groups is 1. The monoisotopic (exact) mass is 449 g/mol. The minimum absolute atomic E-state index is 0.201. The van der Waals surface area contributed by atoms with E-state index in [1.54, 1.807) is 0 Å². The van der Waals surface area contributed by atoms with Gasteiger partial charge < -0.3 is 55.3 Å². The van der Waals surface area contributed by atoms with Crippen LogP contribution in [0.15, 0.2) is 0 Å². The summed E-state index contributed by atoms with van der Waals surface area (Å²) in [5.74, 6) is 2.15. The van der Waals surface area contributed by atoms with Crippen molar-refractivity contribution in [2.45, 2.75) is 87.1 Å². The Morgan fingerprint density at radius 3 is 1.97 bits per heavy atom. The molecule has 0 aliphatic carbocycles. The van der Waals surface area contributed by atoms with Crippen LogP contribution < -0.4 is 5.32 Å². The first-order chi connectivity index (χ1) is 14.7. The van der Waals surface area contributed by atoms with Gasteiger partial charge in [-0.2, -0.15) is 0 Å². The van der Waals surface area contributed by atoms with Gasteiger partial charge in [-0.05, 0) is 12.8 Å². The maximum Gasteiger partial charge on any atom is 0.220 e. The third-order valence-corrected chi connectivity index (χ3v) is 5.26. The van der Waals surface area contributed by atoms with Crippen LogP contribution in [0.25, 0.3) is 0 Å². The molecule has 2 fully saturated rings. The van der Waals surface area contributed by atoms with E-state index in [4.69, 9.17) is 20.6 Å². The molecule has 0 unspecified atom stereocenters. The first kappa shape index (κ1) is 25.9. The van der Waals surface area contributed by atoms with Gasteiger partial charge in [0, 0.05) is 19.4 Å². The van der Waals surface area contributed by atoms with Crippen molar-refractivity contribution in [3.63, 3.8) is 0 Å². The van der Waals surface area contributed by atoms with E-state index >= 15 is 0 Å². The number of aliphatic hydroxyl groups is 7. The number of hydrogen-bond donors (Lipinski definition) is 8. The summed E-state index contributed by atoms with van der Waals surface area (Å²) in [6.45, 7) is -0.885. The van der Waals surface area contributed by atoms with E-state index in [-0.39, 0.29) is 18.9 Å². The second-order valence-corrected chi connectivity index (χ2v) is 7.56. The Kier molecular flexibility index (Phi) is 10.0. The molecule has 0 radical (unpaired) electrons. The van der Waals surface area contributed by atoms with E-state index in [2.05, 4.69) is 11.2 Å². The summed E-state index contributed by atoms with van der Waals surface area (Å²) >= 11 is 0. The standard InChI is InChI=1S/C19H31NO11/c1-2-3-4-5-6-11(22)20-7-9-12(23)14(25)16(27)18(29-9)31-19-17(28)15(26)13(24)10(8-21)30-19/h1,9-10,12-19,21,23-28H,3-8H2,(H,20,22)/t9-,10-,12-,13-,14+,15+,16-,17-,18-,19-/m1/s1. The van der Waals surface area contributed by atoms with E-state index in [0.29, 0.717) is 19.3 Å². The highest BCUT2D eigenvalue weighted by molar-refractivity contribution is 5.75. The van der Waals surface area contributed by atoms with Gasteiger partial charge in [0.2, 0.25) is 5.91 Å². The number of unbranched alkanes of at least 4 members (excludes halogenated alkanes) is 2. The Morgan fingerprint density at radius 1 is 0.871 bits per heavy atom. The molecule has 0 spiro atoms. The lowest BCUT2D eigenvalue weighted by Gasteiger charge is -2.44. The average molecular weight is 449 g/mol. The van der Waals surface area contributed by atoms with Crippen LogP contribution in [0.1, 0.15) is 25.7 Å². The summed E-state index contributed by atoms with van der Waals surface area (Å²) < 4.78 is 16.0. The smallest absolute Gasteiger partial charge is 0.220 e. The van der Waals surface area contributed by atoms with E-state index in [9.17, 15) is 40.5 Å². The first-order valence-corrected chi connectivity index (χ1v) is 10.1. The second-order valence-electron chi connectivity index (χ2n) is 7.56. The molecule has 2 rings (SSSR count). The Labute approximate surface area is 179 Å². The molecule has 0 saturated carbocycles. The van der Waals surface area contributed by atoms with Crippen molar-refractivity contribution in [2.24, 2.45) is 0 Å². The summed E-state index contributed by atoms with van der Waals surface area (Å²) in [5, 5.41) is 71.9. The quantitative estimate of drug-likeness (QED) is 0.126. The molecule has 178 valence electrons. The van der Waals surface area contributed by atoms with Crippen molar-refractivity contribution < 1.29 is 54.8 Å². The summed E-state index contributed by atoms with van der Waals surface area (Å²) in [4.78, 5) is 11.9. The molecule has 10 atom stereocenters. The number of ether oxygens (including phenoxy) is 3. The van der Waals surface area contributed by atoms with Crippen molar-refractivity contribution in [2.75, 3.05) is 13.2 Å². The number of rotatable bonds is 9. The van der Waals surface area contributed by atoms with Crippen molar-refractivity contribution >= 4 is 5.91 Å². The van der Waals surface area contributed by atoms with E-state index in [1.165, 1.54) is 0 Å². The van der Waals surface area contributed by atoms with Gasteiger partial charge in [0.1, 0.15) is 48.8 Å². The van der Waals surface area contributed by atoms with E-state index < -0.39 is 68.0 Å². The average Bonchev–Trinajstić information content (AvgIpc) is 2.76. The second kappa shape index (κ2) is 12.0.